The van der Waals surface area contributed by atoms with Gasteiger partial charge in [0.05, 0.1) is 12.3 Å². The topological polar surface area (TPSA) is 47.0 Å². The van der Waals surface area contributed by atoms with Gasteiger partial charge >= 0.3 is 0 Å². The minimum Gasteiger partial charge on any atom is -0.381 e. The number of ether oxygens (including phenoxy) is 1. The van der Waals surface area contributed by atoms with E-state index in [1.807, 2.05) is 13.0 Å². The summed E-state index contributed by atoms with van der Waals surface area (Å²) in [6.07, 6.45) is 4.30. The predicted octanol–water partition coefficient (Wildman–Crippen LogP) is 1.37. The number of aryl methyl sites for hydroxylation is 1. The second kappa shape index (κ2) is 3.92. The van der Waals surface area contributed by atoms with Gasteiger partial charge < -0.3 is 10.1 Å². The van der Waals surface area contributed by atoms with Crippen molar-refractivity contribution in [2.45, 2.75) is 31.9 Å². The lowest BCUT2D eigenvalue weighted by Crippen LogP contribution is -2.40. The minimum atomic E-state index is 0.422. The van der Waals surface area contributed by atoms with Crippen molar-refractivity contribution in [1.82, 2.24) is 10.2 Å². The third-order valence-corrected chi connectivity index (χ3v) is 2.57. The summed E-state index contributed by atoms with van der Waals surface area (Å²) in [7, 11) is 1.76. The standard InChI is InChI=1S/C10H15N3O/c1-7-3-10(13-11-6-7)12-8-4-9(5-8)14-2/h3,6,8-9H,4-5H2,1-2H3,(H,12,13). The molecule has 0 aliphatic heterocycles. The van der Waals surface area contributed by atoms with Gasteiger partial charge in [0.15, 0.2) is 0 Å². The maximum Gasteiger partial charge on any atom is 0.149 e. The summed E-state index contributed by atoms with van der Waals surface area (Å²) in [6, 6.07) is 2.50. The number of hydrogen-bond donors (Lipinski definition) is 1. The van der Waals surface area contributed by atoms with Crippen molar-refractivity contribution in [2.24, 2.45) is 0 Å². The van der Waals surface area contributed by atoms with Gasteiger partial charge in [-0.15, -0.1) is 5.10 Å². The highest BCUT2D eigenvalue weighted by Crippen LogP contribution is 2.25. The maximum absolute atomic E-state index is 5.20. The van der Waals surface area contributed by atoms with E-state index < -0.39 is 0 Å². The van der Waals surface area contributed by atoms with Crippen LogP contribution in [0, 0.1) is 6.92 Å². The van der Waals surface area contributed by atoms with Crippen molar-refractivity contribution in [3.8, 4) is 0 Å². The lowest BCUT2D eigenvalue weighted by atomic mass is 9.89. The van der Waals surface area contributed by atoms with E-state index in [1.165, 1.54) is 0 Å². The Morgan fingerprint density at radius 3 is 2.93 bits per heavy atom. The molecular formula is C10H15N3O. The number of nitrogens with one attached hydrogen (secondary N) is 1. The number of methoxy groups -OCH3 is 1. The minimum absolute atomic E-state index is 0.422. The summed E-state index contributed by atoms with van der Waals surface area (Å²) in [5.41, 5.74) is 1.13. The van der Waals surface area contributed by atoms with Crippen molar-refractivity contribution in [2.75, 3.05) is 12.4 Å². The van der Waals surface area contributed by atoms with Crippen LogP contribution in [0.25, 0.3) is 0 Å². The average molecular weight is 193 g/mol. The van der Waals surface area contributed by atoms with Crippen molar-refractivity contribution in [3.63, 3.8) is 0 Å². The van der Waals surface area contributed by atoms with Gasteiger partial charge in [0.2, 0.25) is 0 Å². The summed E-state index contributed by atoms with van der Waals surface area (Å²) in [6.45, 7) is 2.01. The number of nitrogens with zero attached hydrogens (tertiary/aromatic N) is 2. The molecule has 0 bridgehead atoms. The molecule has 0 radical (unpaired) electrons. The Kier molecular flexibility index (Phi) is 2.63. The highest BCUT2D eigenvalue weighted by Gasteiger charge is 2.28. The molecule has 1 saturated carbocycles. The van der Waals surface area contributed by atoms with E-state index in [0.717, 1.165) is 24.2 Å². The maximum atomic E-state index is 5.20. The molecule has 76 valence electrons. The van der Waals surface area contributed by atoms with E-state index in [-0.39, 0.29) is 0 Å². The molecule has 0 unspecified atom stereocenters. The highest BCUT2D eigenvalue weighted by molar-refractivity contribution is 5.36. The fourth-order valence-corrected chi connectivity index (χ4v) is 1.62. The summed E-state index contributed by atoms with van der Waals surface area (Å²) in [5, 5.41) is 11.2. The zero-order chi connectivity index (χ0) is 9.97. The van der Waals surface area contributed by atoms with Crippen molar-refractivity contribution >= 4 is 5.82 Å². The fraction of sp³-hybridized carbons (Fsp3) is 0.600. The lowest BCUT2D eigenvalue weighted by Gasteiger charge is -2.34. The molecule has 14 heavy (non-hydrogen) atoms. The molecule has 0 spiro atoms. The van der Waals surface area contributed by atoms with Gasteiger partial charge in [-0.05, 0) is 31.4 Å². The van der Waals surface area contributed by atoms with Gasteiger partial charge in [0, 0.05) is 13.2 Å². The molecule has 0 amide bonds. The molecule has 1 aromatic heterocycles. The molecule has 2 rings (SSSR count). The molecular weight excluding hydrogens is 178 g/mol. The molecule has 1 aliphatic carbocycles. The quantitative estimate of drug-likeness (QED) is 0.787. The zero-order valence-corrected chi connectivity index (χ0v) is 8.53. The first-order valence-electron chi connectivity index (χ1n) is 4.86. The summed E-state index contributed by atoms with van der Waals surface area (Å²) >= 11 is 0. The van der Waals surface area contributed by atoms with E-state index in [9.17, 15) is 0 Å². The second-order valence-corrected chi connectivity index (χ2v) is 3.79. The van der Waals surface area contributed by atoms with Gasteiger partial charge in [0.25, 0.3) is 0 Å². The number of hydrogen-bond acceptors (Lipinski definition) is 4. The summed E-state index contributed by atoms with van der Waals surface area (Å²) in [4.78, 5) is 0. The Hall–Kier alpha value is -1.16. The fourth-order valence-electron chi connectivity index (χ4n) is 1.62. The molecule has 4 nitrogen and oxygen atoms in total. The van der Waals surface area contributed by atoms with Crippen molar-refractivity contribution in [1.29, 1.82) is 0 Å². The van der Waals surface area contributed by atoms with E-state index >= 15 is 0 Å². The number of rotatable bonds is 3. The van der Waals surface area contributed by atoms with Crippen LogP contribution in [0.5, 0.6) is 0 Å². The largest absolute Gasteiger partial charge is 0.381 e. The smallest absolute Gasteiger partial charge is 0.149 e. The molecule has 0 aromatic carbocycles. The summed E-state index contributed by atoms with van der Waals surface area (Å²) < 4.78 is 5.20. The van der Waals surface area contributed by atoms with Crippen LogP contribution >= 0.6 is 0 Å². The molecule has 1 fully saturated rings. The van der Waals surface area contributed by atoms with Crippen molar-refractivity contribution < 1.29 is 4.74 Å². The highest BCUT2D eigenvalue weighted by atomic mass is 16.5. The third-order valence-electron chi connectivity index (χ3n) is 2.57. The van der Waals surface area contributed by atoms with Gasteiger partial charge in [-0.3, -0.25) is 0 Å². The van der Waals surface area contributed by atoms with E-state index in [0.29, 0.717) is 12.1 Å². The molecule has 1 aromatic rings. The van der Waals surface area contributed by atoms with Crippen LogP contribution in [0.3, 0.4) is 0 Å². The van der Waals surface area contributed by atoms with Gasteiger partial charge in [0.1, 0.15) is 5.82 Å². The van der Waals surface area contributed by atoms with E-state index in [2.05, 4.69) is 15.5 Å². The van der Waals surface area contributed by atoms with Crippen LogP contribution in [0.4, 0.5) is 5.82 Å². The first kappa shape index (κ1) is 9.40. The second-order valence-electron chi connectivity index (χ2n) is 3.79. The number of aromatic nitrogens is 2. The van der Waals surface area contributed by atoms with Crippen LogP contribution in [-0.2, 0) is 4.74 Å². The molecule has 1 aliphatic rings. The predicted molar refractivity (Wildman–Crippen MR) is 54.2 cm³/mol. The monoisotopic (exact) mass is 193 g/mol. The van der Waals surface area contributed by atoms with Crippen LogP contribution in [-0.4, -0.2) is 29.5 Å². The Bertz CT molecular complexity index is 310. The van der Waals surface area contributed by atoms with Crippen LogP contribution < -0.4 is 5.32 Å². The SMILES string of the molecule is COC1CC(Nc2cc(C)cnn2)C1. The molecule has 0 atom stereocenters. The lowest BCUT2D eigenvalue weighted by molar-refractivity contribution is 0.0327. The Balaban J connectivity index is 1.87. The number of anilines is 1. The first-order valence-corrected chi connectivity index (χ1v) is 4.86. The van der Waals surface area contributed by atoms with Gasteiger partial charge in [-0.2, -0.15) is 5.10 Å². The normalized spacial score (nSPS) is 25.6. The third kappa shape index (κ3) is 2.01. The Morgan fingerprint density at radius 2 is 2.29 bits per heavy atom. The molecule has 0 saturated heterocycles. The summed E-state index contributed by atoms with van der Waals surface area (Å²) in [5.74, 6) is 0.865. The Labute approximate surface area is 83.7 Å². The molecule has 1 heterocycles. The van der Waals surface area contributed by atoms with E-state index in [1.54, 1.807) is 13.3 Å². The van der Waals surface area contributed by atoms with Gasteiger partial charge in [-0.25, -0.2) is 0 Å². The van der Waals surface area contributed by atoms with Crippen LogP contribution in [0.15, 0.2) is 12.3 Å². The Morgan fingerprint density at radius 1 is 1.50 bits per heavy atom. The molecule has 1 N–H and O–H groups in total. The van der Waals surface area contributed by atoms with Crippen molar-refractivity contribution in [3.05, 3.63) is 17.8 Å². The van der Waals surface area contributed by atoms with E-state index in [4.69, 9.17) is 4.74 Å². The van der Waals surface area contributed by atoms with Gasteiger partial charge in [-0.1, -0.05) is 0 Å². The zero-order valence-electron chi connectivity index (χ0n) is 8.53. The average Bonchev–Trinajstić information content (AvgIpc) is 2.10. The molecule has 4 heteroatoms. The van der Waals surface area contributed by atoms with Crippen LogP contribution in [0.1, 0.15) is 18.4 Å². The van der Waals surface area contributed by atoms with Crippen LogP contribution in [0.2, 0.25) is 0 Å². The first-order chi connectivity index (χ1) is 6.78.